The Labute approximate surface area is 129 Å². The molecule has 0 heterocycles. The highest BCUT2D eigenvalue weighted by molar-refractivity contribution is 5.85. The molecule has 0 aromatic carbocycles. The van der Waals surface area contributed by atoms with Gasteiger partial charge in [-0.05, 0) is 40.8 Å². The largest absolute Gasteiger partial charge is 0.357 e. The molecule has 0 radical (unpaired) electrons. The van der Waals surface area contributed by atoms with Crippen molar-refractivity contribution >= 4 is 11.9 Å². The standard InChI is InChI=1S/C15H33N5O/c1-7-16-14(17-10-11-20(8-2)9-3)18-12-13(21)19-15(4,5)6/h7-12H2,1-6H3,(H,19,21)(H2,16,17,18). The van der Waals surface area contributed by atoms with Gasteiger partial charge in [0.2, 0.25) is 5.91 Å². The van der Waals surface area contributed by atoms with Crippen molar-refractivity contribution < 1.29 is 4.79 Å². The first kappa shape index (κ1) is 19.7. The number of carbonyl (C=O) groups excluding carboxylic acids is 1. The molecule has 1 amide bonds. The lowest BCUT2D eigenvalue weighted by Crippen LogP contribution is -2.44. The van der Waals surface area contributed by atoms with E-state index in [1.807, 2.05) is 27.7 Å². The minimum absolute atomic E-state index is 0.0663. The highest BCUT2D eigenvalue weighted by Gasteiger charge is 2.13. The molecular weight excluding hydrogens is 266 g/mol. The molecule has 0 aromatic rings. The molecule has 0 saturated heterocycles. The summed E-state index contributed by atoms with van der Waals surface area (Å²) in [6, 6.07) is 0. The summed E-state index contributed by atoms with van der Waals surface area (Å²) in [7, 11) is 0. The number of hydrogen-bond acceptors (Lipinski definition) is 3. The van der Waals surface area contributed by atoms with Gasteiger partial charge >= 0.3 is 0 Å². The second kappa shape index (κ2) is 10.4. The molecule has 0 unspecified atom stereocenters. The Morgan fingerprint density at radius 2 is 1.71 bits per heavy atom. The van der Waals surface area contributed by atoms with Crippen molar-refractivity contribution in [3.63, 3.8) is 0 Å². The van der Waals surface area contributed by atoms with Crippen molar-refractivity contribution in [2.24, 2.45) is 4.99 Å². The van der Waals surface area contributed by atoms with Gasteiger partial charge in [-0.1, -0.05) is 13.8 Å². The normalized spacial score (nSPS) is 12.4. The van der Waals surface area contributed by atoms with Gasteiger partial charge in [0.1, 0.15) is 6.54 Å². The Bertz CT molecular complexity index is 319. The van der Waals surface area contributed by atoms with Gasteiger partial charge in [0.25, 0.3) is 0 Å². The zero-order valence-corrected chi connectivity index (χ0v) is 14.5. The van der Waals surface area contributed by atoms with Crippen LogP contribution in [0.4, 0.5) is 0 Å². The van der Waals surface area contributed by atoms with E-state index in [4.69, 9.17) is 0 Å². The third-order valence-electron chi connectivity index (χ3n) is 2.85. The summed E-state index contributed by atoms with van der Waals surface area (Å²) < 4.78 is 0. The number of carbonyl (C=O) groups is 1. The van der Waals surface area contributed by atoms with E-state index in [0.717, 1.165) is 32.7 Å². The molecule has 6 heteroatoms. The Morgan fingerprint density at radius 1 is 1.10 bits per heavy atom. The third-order valence-corrected chi connectivity index (χ3v) is 2.85. The maximum absolute atomic E-state index is 11.8. The first-order valence-corrected chi connectivity index (χ1v) is 7.87. The number of aliphatic imine (C=N–C) groups is 1. The van der Waals surface area contributed by atoms with Gasteiger partial charge in [-0.15, -0.1) is 0 Å². The van der Waals surface area contributed by atoms with Crippen molar-refractivity contribution in [2.75, 3.05) is 39.3 Å². The number of rotatable bonds is 8. The first-order valence-electron chi connectivity index (χ1n) is 7.87. The van der Waals surface area contributed by atoms with Gasteiger partial charge in [-0.25, -0.2) is 4.99 Å². The van der Waals surface area contributed by atoms with Crippen LogP contribution in [-0.4, -0.2) is 61.6 Å². The van der Waals surface area contributed by atoms with Crippen molar-refractivity contribution in [3.8, 4) is 0 Å². The monoisotopic (exact) mass is 299 g/mol. The molecule has 0 aromatic heterocycles. The first-order chi connectivity index (χ1) is 9.82. The molecule has 3 N–H and O–H groups in total. The minimum atomic E-state index is -0.221. The minimum Gasteiger partial charge on any atom is -0.357 e. The molecular formula is C15H33N5O. The van der Waals surface area contributed by atoms with Crippen LogP contribution >= 0.6 is 0 Å². The van der Waals surface area contributed by atoms with Gasteiger partial charge in [0.15, 0.2) is 5.96 Å². The highest BCUT2D eigenvalue weighted by atomic mass is 16.2. The quantitative estimate of drug-likeness (QED) is 0.458. The average Bonchev–Trinajstić information content (AvgIpc) is 2.39. The second-order valence-corrected chi connectivity index (χ2v) is 5.95. The summed E-state index contributed by atoms with van der Waals surface area (Å²) in [5.41, 5.74) is -0.221. The van der Waals surface area contributed by atoms with E-state index < -0.39 is 0 Å². The van der Waals surface area contributed by atoms with Gasteiger partial charge in [-0.2, -0.15) is 0 Å². The van der Waals surface area contributed by atoms with Gasteiger partial charge in [0.05, 0.1) is 0 Å². The molecule has 124 valence electrons. The van der Waals surface area contributed by atoms with E-state index in [2.05, 4.69) is 39.7 Å². The SMILES string of the molecule is CCNC(=NCC(=O)NC(C)(C)C)NCCN(CC)CC. The number of amides is 1. The van der Waals surface area contributed by atoms with Crippen molar-refractivity contribution in [1.82, 2.24) is 20.9 Å². The predicted molar refractivity (Wildman–Crippen MR) is 89.7 cm³/mol. The summed E-state index contributed by atoms with van der Waals surface area (Å²) >= 11 is 0. The maximum Gasteiger partial charge on any atom is 0.242 e. The lowest BCUT2D eigenvalue weighted by Gasteiger charge is -2.20. The van der Waals surface area contributed by atoms with Crippen LogP contribution in [0.15, 0.2) is 4.99 Å². The summed E-state index contributed by atoms with van der Waals surface area (Å²) in [6.45, 7) is 17.0. The topological polar surface area (TPSA) is 68.8 Å². The fourth-order valence-corrected chi connectivity index (χ4v) is 1.82. The molecule has 0 rings (SSSR count). The number of nitrogens with zero attached hydrogens (tertiary/aromatic N) is 2. The molecule has 0 saturated carbocycles. The van der Waals surface area contributed by atoms with Crippen LogP contribution in [0.25, 0.3) is 0 Å². The van der Waals surface area contributed by atoms with Crippen LogP contribution in [0.2, 0.25) is 0 Å². The second-order valence-electron chi connectivity index (χ2n) is 5.95. The van der Waals surface area contributed by atoms with E-state index in [0.29, 0.717) is 5.96 Å². The van der Waals surface area contributed by atoms with Crippen LogP contribution in [-0.2, 0) is 4.79 Å². The van der Waals surface area contributed by atoms with Crippen molar-refractivity contribution in [1.29, 1.82) is 0 Å². The van der Waals surface area contributed by atoms with Crippen LogP contribution < -0.4 is 16.0 Å². The third kappa shape index (κ3) is 11.1. The van der Waals surface area contributed by atoms with Gasteiger partial charge < -0.3 is 20.9 Å². The Kier molecular flexibility index (Phi) is 9.78. The number of nitrogens with one attached hydrogen (secondary N) is 3. The molecule has 21 heavy (non-hydrogen) atoms. The van der Waals surface area contributed by atoms with E-state index in [1.54, 1.807) is 0 Å². The van der Waals surface area contributed by atoms with Crippen LogP contribution in [0, 0.1) is 0 Å². The Balaban J connectivity index is 4.27. The van der Waals surface area contributed by atoms with E-state index in [-0.39, 0.29) is 18.0 Å². The predicted octanol–water partition coefficient (Wildman–Crippen LogP) is 0.798. The molecule has 0 spiro atoms. The molecule has 0 bridgehead atoms. The molecule has 0 aliphatic carbocycles. The fourth-order valence-electron chi connectivity index (χ4n) is 1.82. The molecule has 0 atom stereocenters. The number of likely N-dealkylation sites (N-methyl/N-ethyl adjacent to an activating group) is 1. The zero-order chi connectivity index (χ0) is 16.3. The lowest BCUT2D eigenvalue weighted by atomic mass is 10.1. The summed E-state index contributed by atoms with van der Waals surface area (Å²) in [4.78, 5) is 18.4. The summed E-state index contributed by atoms with van der Waals surface area (Å²) in [6.07, 6.45) is 0. The lowest BCUT2D eigenvalue weighted by molar-refractivity contribution is -0.121. The smallest absolute Gasteiger partial charge is 0.242 e. The highest BCUT2D eigenvalue weighted by Crippen LogP contribution is 1.97. The number of hydrogen-bond donors (Lipinski definition) is 3. The van der Waals surface area contributed by atoms with Crippen LogP contribution in [0.5, 0.6) is 0 Å². The van der Waals surface area contributed by atoms with Gasteiger partial charge in [0, 0.05) is 25.2 Å². The Hall–Kier alpha value is -1.30. The zero-order valence-electron chi connectivity index (χ0n) is 14.5. The van der Waals surface area contributed by atoms with Crippen molar-refractivity contribution in [3.05, 3.63) is 0 Å². The van der Waals surface area contributed by atoms with Crippen LogP contribution in [0.1, 0.15) is 41.5 Å². The van der Waals surface area contributed by atoms with Crippen molar-refractivity contribution in [2.45, 2.75) is 47.1 Å². The maximum atomic E-state index is 11.8. The summed E-state index contributed by atoms with van der Waals surface area (Å²) in [5.74, 6) is 0.622. The van der Waals surface area contributed by atoms with E-state index >= 15 is 0 Å². The molecule has 0 aliphatic rings. The number of guanidine groups is 1. The van der Waals surface area contributed by atoms with Crippen LogP contribution in [0.3, 0.4) is 0 Å². The molecule has 0 fully saturated rings. The fraction of sp³-hybridized carbons (Fsp3) is 0.867. The average molecular weight is 299 g/mol. The molecule has 6 nitrogen and oxygen atoms in total. The van der Waals surface area contributed by atoms with Gasteiger partial charge in [-0.3, -0.25) is 4.79 Å². The summed E-state index contributed by atoms with van der Waals surface area (Å²) in [5, 5.41) is 9.31. The van der Waals surface area contributed by atoms with E-state index in [9.17, 15) is 4.79 Å². The Morgan fingerprint density at radius 3 is 2.19 bits per heavy atom. The molecule has 0 aliphatic heterocycles. The van der Waals surface area contributed by atoms with E-state index in [1.165, 1.54) is 0 Å².